The van der Waals surface area contributed by atoms with Crippen molar-refractivity contribution in [2.24, 2.45) is 0 Å². The average molecular weight is 325 g/mol. The summed E-state index contributed by atoms with van der Waals surface area (Å²) in [6.07, 6.45) is 4.84. The van der Waals surface area contributed by atoms with Gasteiger partial charge in [0.25, 0.3) is 0 Å². The van der Waals surface area contributed by atoms with Gasteiger partial charge in [-0.1, -0.05) is 23.4 Å². The van der Waals surface area contributed by atoms with Gasteiger partial charge in [0.2, 0.25) is 5.91 Å². The van der Waals surface area contributed by atoms with Crippen molar-refractivity contribution in [3.63, 3.8) is 0 Å². The highest BCUT2D eigenvalue weighted by atomic mass is 16.1. The lowest BCUT2D eigenvalue weighted by atomic mass is 9.99. The summed E-state index contributed by atoms with van der Waals surface area (Å²) in [4.78, 5) is 12.4. The summed E-state index contributed by atoms with van der Waals surface area (Å²) in [6.45, 7) is 1.96. The van der Waals surface area contributed by atoms with Gasteiger partial charge in [-0.3, -0.25) is 4.79 Å². The van der Waals surface area contributed by atoms with E-state index in [1.54, 1.807) is 4.68 Å². The maximum Gasteiger partial charge on any atom is 0.226 e. The lowest BCUT2D eigenvalue weighted by Crippen LogP contribution is -2.48. The molecule has 4 rings (SSSR count). The van der Waals surface area contributed by atoms with E-state index >= 15 is 0 Å². The van der Waals surface area contributed by atoms with Crippen molar-refractivity contribution in [2.75, 3.05) is 0 Å². The van der Waals surface area contributed by atoms with Gasteiger partial charge in [0.1, 0.15) is 0 Å². The lowest BCUT2D eigenvalue weighted by molar-refractivity contribution is -0.121. The fraction of sp³-hybridized carbons (Fsp3) is 0.500. The molecule has 2 bridgehead atoms. The molecular formula is C18H23N5O. The number of nitrogens with zero attached hydrogens (tertiary/aromatic N) is 3. The smallest absolute Gasteiger partial charge is 0.226 e. The average Bonchev–Trinajstić information content (AvgIpc) is 3.11. The zero-order valence-corrected chi connectivity index (χ0v) is 13.9. The number of carbonyl (C=O) groups is 1. The highest BCUT2D eigenvalue weighted by Gasteiger charge is 2.34. The number of aromatic nitrogens is 3. The molecule has 2 fully saturated rings. The Kier molecular flexibility index (Phi) is 4.06. The number of benzene rings is 1. The van der Waals surface area contributed by atoms with Crippen LogP contribution in [-0.4, -0.2) is 39.0 Å². The first-order valence-electron chi connectivity index (χ1n) is 8.71. The Labute approximate surface area is 141 Å². The second-order valence-corrected chi connectivity index (χ2v) is 6.92. The topological polar surface area (TPSA) is 71.8 Å². The standard InChI is InChI=1S/C18H23N5O/c1-12-17(21-22-23(12)16-5-3-2-4-6-16)11-18(24)20-15-9-13-7-8-14(10-15)19-13/h2-6,13-15,19H,7-11H2,1H3,(H,20,24). The quantitative estimate of drug-likeness (QED) is 0.894. The zero-order chi connectivity index (χ0) is 16.5. The Bertz CT molecular complexity index is 714. The molecule has 3 heterocycles. The van der Waals surface area contributed by atoms with Gasteiger partial charge < -0.3 is 10.6 Å². The van der Waals surface area contributed by atoms with Crippen LogP contribution in [0.15, 0.2) is 30.3 Å². The van der Waals surface area contributed by atoms with E-state index in [-0.39, 0.29) is 12.3 Å². The van der Waals surface area contributed by atoms with Crippen LogP contribution in [0.2, 0.25) is 0 Å². The van der Waals surface area contributed by atoms with Crippen molar-refractivity contribution in [1.29, 1.82) is 0 Å². The molecule has 2 unspecified atom stereocenters. The number of carbonyl (C=O) groups excluding carboxylic acids is 1. The Morgan fingerprint density at radius 3 is 2.67 bits per heavy atom. The summed E-state index contributed by atoms with van der Waals surface area (Å²) in [5, 5.41) is 15.2. The monoisotopic (exact) mass is 325 g/mol. The number of hydrogen-bond acceptors (Lipinski definition) is 4. The Balaban J connectivity index is 1.40. The van der Waals surface area contributed by atoms with E-state index in [9.17, 15) is 4.79 Å². The zero-order valence-electron chi connectivity index (χ0n) is 13.9. The predicted molar refractivity (Wildman–Crippen MR) is 90.9 cm³/mol. The summed E-state index contributed by atoms with van der Waals surface area (Å²) < 4.78 is 1.79. The molecule has 2 atom stereocenters. The number of nitrogens with one attached hydrogen (secondary N) is 2. The summed E-state index contributed by atoms with van der Waals surface area (Å²) in [6, 6.07) is 11.3. The van der Waals surface area contributed by atoms with E-state index in [2.05, 4.69) is 20.9 Å². The van der Waals surface area contributed by atoms with Crippen molar-refractivity contribution < 1.29 is 4.79 Å². The highest BCUT2D eigenvalue weighted by molar-refractivity contribution is 5.78. The molecule has 0 spiro atoms. The second-order valence-electron chi connectivity index (χ2n) is 6.92. The summed E-state index contributed by atoms with van der Waals surface area (Å²) in [5.74, 6) is 0.0458. The molecule has 2 aliphatic rings. The maximum absolute atomic E-state index is 12.4. The van der Waals surface area contributed by atoms with Crippen LogP contribution in [0.1, 0.15) is 37.1 Å². The van der Waals surface area contributed by atoms with Gasteiger partial charge in [-0.2, -0.15) is 0 Å². The van der Waals surface area contributed by atoms with Crippen molar-refractivity contribution in [2.45, 2.75) is 57.2 Å². The first-order valence-corrected chi connectivity index (χ1v) is 8.71. The Morgan fingerprint density at radius 1 is 1.25 bits per heavy atom. The summed E-state index contributed by atoms with van der Waals surface area (Å²) in [5.41, 5.74) is 2.62. The van der Waals surface area contributed by atoms with Crippen LogP contribution in [0, 0.1) is 6.92 Å². The first-order chi connectivity index (χ1) is 11.7. The van der Waals surface area contributed by atoms with Crippen LogP contribution >= 0.6 is 0 Å². The van der Waals surface area contributed by atoms with Crippen LogP contribution < -0.4 is 10.6 Å². The molecule has 24 heavy (non-hydrogen) atoms. The highest BCUT2D eigenvalue weighted by Crippen LogP contribution is 2.26. The summed E-state index contributed by atoms with van der Waals surface area (Å²) >= 11 is 0. The lowest BCUT2D eigenvalue weighted by Gasteiger charge is -2.29. The van der Waals surface area contributed by atoms with Gasteiger partial charge in [0, 0.05) is 18.1 Å². The Hall–Kier alpha value is -2.21. The van der Waals surface area contributed by atoms with Crippen LogP contribution in [0.4, 0.5) is 0 Å². The number of piperidine rings is 1. The molecule has 1 amide bonds. The van der Waals surface area contributed by atoms with Gasteiger partial charge >= 0.3 is 0 Å². The first kappa shape index (κ1) is 15.3. The molecule has 6 nitrogen and oxygen atoms in total. The fourth-order valence-corrected chi connectivity index (χ4v) is 3.94. The fourth-order valence-electron chi connectivity index (χ4n) is 3.94. The third kappa shape index (κ3) is 3.06. The number of hydrogen-bond donors (Lipinski definition) is 2. The number of rotatable bonds is 4. The predicted octanol–water partition coefficient (Wildman–Crippen LogP) is 1.52. The molecule has 0 aliphatic carbocycles. The van der Waals surface area contributed by atoms with Crippen LogP contribution in [-0.2, 0) is 11.2 Å². The van der Waals surface area contributed by atoms with E-state index in [1.807, 2.05) is 37.3 Å². The van der Waals surface area contributed by atoms with Crippen LogP contribution in [0.25, 0.3) is 5.69 Å². The van der Waals surface area contributed by atoms with E-state index in [0.717, 1.165) is 29.9 Å². The summed E-state index contributed by atoms with van der Waals surface area (Å²) in [7, 11) is 0. The molecule has 0 saturated carbocycles. The number of fused-ring (bicyclic) bond motifs is 2. The largest absolute Gasteiger partial charge is 0.353 e. The van der Waals surface area contributed by atoms with E-state index < -0.39 is 0 Å². The van der Waals surface area contributed by atoms with Gasteiger partial charge in [0.05, 0.1) is 23.5 Å². The van der Waals surface area contributed by atoms with E-state index in [1.165, 1.54) is 12.8 Å². The molecule has 2 aromatic rings. The second kappa shape index (κ2) is 6.36. The van der Waals surface area contributed by atoms with Crippen molar-refractivity contribution in [1.82, 2.24) is 25.6 Å². The molecule has 2 saturated heterocycles. The van der Waals surface area contributed by atoms with Crippen LogP contribution in [0.5, 0.6) is 0 Å². The Morgan fingerprint density at radius 2 is 1.96 bits per heavy atom. The van der Waals surface area contributed by atoms with Gasteiger partial charge in [-0.05, 0) is 44.7 Å². The molecule has 1 aromatic carbocycles. The van der Waals surface area contributed by atoms with Crippen LogP contribution in [0.3, 0.4) is 0 Å². The number of para-hydroxylation sites is 1. The molecular weight excluding hydrogens is 302 g/mol. The maximum atomic E-state index is 12.4. The molecule has 6 heteroatoms. The van der Waals surface area contributed by atoms with E-state index in [4.69, 9.17) is 0 Å². The molecule has 1 aromatic heterocycles. The van der Waals surface area contributed by atoms with E-state index in [0.29, 0.717) is 18.1 Å². The molecule has 2 aliphatic heterocycles. The third-order valence-corrected chi connectivity index (χ3v) is 5.16. The van der Waals surface area contributed by atoms with Crippen molar-refractivity contribution in [3.8, 4) is 5.69 Å². The molecule has 0 radical (unpaired) electrons. The minimum Gasteiger partial charge on any atom is -0.353 e. The van der Waals surface area contributed by atoms with Gasteiger partial charge in [0.15, 0.2) is 0 Å². The van der Waals surface area contributed by atoms with Gasteiger partial charge in [-0.15, -0.1) is 5.10 Å². The SMILES string of the molecule is Cc1c(CC(=O)NC2CC3CCC(C2)N3)nnn1-c1ccccc1. The normalized spacial score (nSPS) is 25.6. The molecule has 126 valence electrons. The number of amides is 1. The minimum atomic E-state index is 0.0458. The minimum absolute atomic E-state index is 0.0458. The van der Waals surface area contributed by atoms with Gasteiger partial charge in [-0.25, -0.2) is 4.68 Å². The molecule has 2 N–H and O–H groups in total. The van der Waals surface area contributed by atoms with Crippen molar-refractivity contribution in [3.05, 3.63) is 41.7 Å². The van der Waals surface area contributed by atoms with Crippen molar-refractivity contribution >= 4 is 5.91 Å². The third-order valence-electron chi connectivity index (χ3n) is 5.16.